The predicted molar refractivity (Wildman–Crippen MR) is 93.4 cm³/mol. The fourth-order valence-electron chi connectivity index (χ4n) is 5.18. The van der Waals surface area contributed by atoms with Crippen molar-refractivity contribution in [1.82, 2.24) is 9.80 Å². The van der Waals surface area contributed by atoms with Gasteiger partial charge < -0.3 is 5.73 Å². The first-order chi connectivity index (χ1) is 10.1. The van der Waals surface area contributed by atoms with Crippen LogP contribution in [0.2, 0.25) is 0 Å². The summed E-state index contributed by atoms with van der Waals surface area (Å²) in [4.78, 5) is 5.51. The molecule has 1 aliphatic heterocycles. The van der Waals surface area contributed by atoms with E-state index in [9.17, 15) is 0 Å². The second-order valence-corrected chi connectivity index (χ2v) is 6.62. The van der Waals surface area contributed by atoms with Crippen molar-refractivity contribution in [2.24, 2.45) is 11.1 Å². The van der Waals surface area contributed by atoms with Crippen molar-refractivity contribution in [2.45, 2.75) is 78.8 Å². The summed E-state index contributed by atoms with van der Waals surface area (Å²) >= 11 is 0. The van der Waals surface area contributed by atoms with Gasteiger partial charge in [0.1, 0.15) is 0 Å². The van der Waals surface area contributed by atoms with Gasteiger partial charge in [0.2, 0.25) is 0 Å². The number of hydrogen-bond donors (Lipinski definition) is 1. The summed E-state index contributed by atoms with van der Waals surface area (Å²) in [6.45, 7) is 17.2. The molecule has 3 nitrogen and oxygen atoms in total. The average molecular weight is 298 g/mol. The molecule has 1 aliphatic rings. The highest BCUT2D eigenvalue weighted by molar-refractivity contribution is 5.06. The monoisotopic (exact) mass is 297 g/mol. The molecule has 1 atom stereocenters. The Morgan fingerprint density at radius 3 is 2.14 bits per heavy atom. The van der Waals surface area contributed by atoms with Crippen LogP contribution in [-0.4, -0.2) is 48.2 Å². The first-order valence-electron chi connectivity index (χ1n) is 9.32. The van der Waals surface area contributed by atoms with Gasteiger partial charge in [0.15, 0.2) is 0 Å². The Labute approximate surface area is 133 Å². The highest BCUT2D eigenvalue weighted by Gasteiger charge is 2.55. The third-order valence-electron chi connectivity index (χ3n) is 6.10. The fraction of sp³-hybridized carbons (Fsp3) is 1.00. The molecule has 0 amide bonds. The largest absolute Gasteiger partial charge is 0.329 e. The molecule has 0 spiro atoms. The van der Waals surface area contributed by atoms with Crippen LogP contribution < -0.4 is 5.73 Å². The molecule has 21 heavy (non-hydrogen) atoms. The van der Waals surface area contributed by atoms with Gasteiger partial charge in [-0.15, -0.1) is 0 Å². The molecule has 0 aromatic rings. The highest BCUT2D eigenvalue weighted by Crippen LogP contribution is 2.52. The Hall–Kier alpha value is -0.120. The smallest absolute Gasteiger partial charge is 0.0792 e. The fourth-order valence-corrected chi connectivity index (χ4v) is 5.18. The molecule has 0 aromatic carbocycles. The van der Waals surface area contributed by atoms with Gasteiger partial charge in [-0.3, -0.25) is 9.80 Å². The molecule has 1 saturated heterocycles. The molecular weight excluding hydrogens is 258 g/mol. The quantitative estimate of drug-likeness (QED) is 0.704. The van der Waals surface area contributed by atoms with E-state index in [0.717, 1.165) is 19.6 Å². The number of nitrogens with zero attached hydrogens (tertiary/aromatic N) is 2. The minimum Gasteiger partial charge on any atom is -0.329 e. The first kappa shape index (κ1) is 18.9. The van der Waals surface area contributed by atoms with Crippen LogP contribution in [0.25, 0.3) is 0 Å². The molecule has 0 bridgehead atoms. The lowest BCUT2D eigenvalue weighted by Crippen LogP contribution is -2.71. The highest BCUT2D eigenvalue weighted by atomic mass is 15.4. The second-order valence-electron chi connectivity index (χ2n) is 6.62. The SMILES string of the molecule is CCCN(CC)C1(CC)N(CCN)CCCC1(CC)CC. The van der Waals surface area contributed by atoms with Crippen LogP contribution in [-0.2, 0) is 0 Å². The van der Waals surface area contributed by atoms with Gasteiger partial charge in [-0.1, -0.05) is 34.6 Å². The van der Waals surface area contributed by atoms with Crippen molar-refractivity contribution >= 4 is 0 Å². The summed E-state index contributed by atoms with van der Waals surface area (Å²) in [5.74, 6) is 0. The first-order valence-corrected chi connectivity index (χ1v) is 9.32. The van der Waals surface area contributed by atoms with E-state index in [-0.39, 0.29) is 5.66 Å². The number of piperidine rings is 1. The molecule has 3 heteroatoms. The third kappa shape index (κ3) is 3.16. The summed E-state index contributed by atoms with van der Waals surface area (Å²) in [5, 5.41) is 0. The molecule has 0 aromatic heterocycles. The van der Waals surface area contributed by atoms with Crippen LogP contribution in [0.5, 0.6) is 0 Å². The Balaban J connectivity index is 3.34. The predicted octanol–water partition coefficient (Wildman–Crippen LogP) is 3.69. The number of hydrogen-bond acceptors (Lipinski definition) is 3. The average Bonchev–Trinajstić information content (AvgIpc) is 2.53. The summed E-state index contributed by atoms with van der Waals surface area (Å²) in [7, 11) is 0. The molecular formula is C18H39N3. The molecule has 0 saturated carbocycles. The zero-order valence-corrected chi connectivity index (χ0v) is 15.2. The lowest BCUT2D eigenvalue weighted by Gasteiger charge is -2.64. The van der Waals surface area contributed by atoms with Gasteiger partial charge in [0, 0.05) is 18.5 Å². The van der Waals surface area contributed by atoms with E-state index in [1.807, 2.05) is 0 Å². The maximum absolute atomic E-state index is 5.96. The van der Waals surface area contributed by atoms with Crippen LogP contribution in [0.3, 0.4) is 0 Å². The summed E-state index contributed by atoms with van der Waals surface area (Å²) in [6.07, 6.45) is 7.69. The minimum absolute atomic E-state index is 0.207. The summed E-state index contributed by atoms with van der Waals surface area (Å²) < 4.78 is 0. The van der Waals surface area contributed by atoms with Crippen molar-refractivity contribution in [2.75, 3.05) is 32.7 Å². The van der Waals surface area contributed by atoms with E-state index in [1.165, 1.54) is 51.6 Å². The number of likely N-dealkylation sites (tertiary alicyclic amines) is 1. The number of nitrogens with two attached hydrogens (primary N) is 1. The Morgan fingerprint density at radius 1 is 1.05 bits per heavy atom. The summed E-state index contributed by atoms with van der Waals surface area (Å²) in [6, 6.07) is 0. The lowest BCUT2D eigenvalue weighted by molar-refractivity contribution is -0.179. The normalized spacial score (nSPS) is 26.4. The van der Waals surface area contributed by atoms with Crippen molar-refractivity contribution in [3.63, 3.8) is 0 Å². The van der Waals surface area contributed by atoms with Gasteiger partial charge in [-0.05, 0) is 58.2 Å². The van der Waals surface area contributed by atoms with E-state index >= 15 is 0 Å². The molecule has 2 N–H and O–H groups in total. The molecule has 126 valence electrons. The van der Waals surface area contributed by atoms with Gasteiger partial charge in [0.25, 0.3) is 0 Å². The van der Waals surface area contributed by atoms with E-state index < -0.39 is 0 Å². The molecule has 1 heterocycles. The van der Waals surface area contributed by atoms with E-state index in [1.54, 1.807) is 0 Å². The van der Waals surface area contributed by atoms with Crippen LogP contribution in [0.15, 0.2) is 0 Å². The minimum atomic E-state index is 0.207. The van der Waals surface area contributed by atoms with E-state index in [4.69, 9.17) is 5.73 Å². The zero-order valence-electron chi connectivity index (χ0n) is 15.2. The van der Waals surface area contributed by atoms with Crippen LogP contribution in [0, 0.1) is 5.41 Å². The Bertz CT molecular complexity index is 275. The van der Waals surface area contributed by atoms with Crippen LogP contribution in [0.1, 0.15) is 73.1 Å². The van der Waals surface area contributed by atoms with E-state index in [0.29, 0.717) is 5.41 Å². The van der Waals surface area contributed by atoms with Gasteiger partial charge in [0.05, 0.1) is 5.66 Å². The molecule has 0 radical (unpaired) electrons. The molecule has 1 rings (SSSR count). The third-order valence-corrected chi connectivity index (χ3v) is 6.10. The van der Waals surface area contributed by atoms with Crippen LogP contribution >= 0.6 is 0 Å². The van der Waals surface area contributed by atoms with Crippen molar-refractivity contribution < 1.29 is 0 Å². The maximum Gasteiger partial charge on any atom is 0.0792 e. The van der Waals surface area contributed by atoms with Crippen molar-refractivity contribution in [3.05, 3.63) is 0 Å². The number of rotatable bonds is 9. The molecule has 1 unspecified atom stereocenters. The van der Waals surface area contributed by atoms with Crippen LogP contribution in [0.4, 0.5) is 0 Å². The maximum atomic E-state index is 5.96. The lowest BCUT2D eigenvalue weighted by atomic mass is 9.63. The Kier molecular flexibility index (Phi) is 7.66. The standard InChI is InChI=1S/C18H39N3/c1-6-14-20(10-5)18(9-4)17(7-2,8-3)12-11-15-21(18)16-13-19/h6-16,19H2,1-5H3. The Morgan fingerprint density at radius 2 is 1.71 bits per heavy atom. The molecule has 1 fully saturated rings. The van der Waals surface area contributed by atoms with Gasteiger partial charge in [-0.2, -0.15) is 0 Å². The van der Waals surface area contributed by atoms with Gasteiger partial charge in [-0.25, -0.2) is 0 Å². The van der Waals surface area contributed by atoms with Gasteiger partial charge >= 0.3 is 0 Å². The second kappa shape index (κ2) is 8.50. The zero-order chi connectivity index (χ0) is 15.9. The molecule has 0 aliphatic carbocycles. The van der Waals surface area contributed by atoms with Crippen molar-refractivity contribution in [3.8, 4) is 0 Å². The van der Waals surface area contributed by atoms with Crippen molar-refractivity contribution in [1.29, 1.82) is 0 Å². The summed E-state index contributed by atoms with van der Waals surface area (Å²) in [5.41, 5.74) is 6.59. The topological polar surface area (TPSA) is 32.5 Å². The van der Waals surface area contributed by atoms with E-state index in [2.05, 4.69) is 44.4 Å².